The molecule has 2 nitrogen and oxygen atoms in total. The maximum Gasteiger partial charge on any atom is 0.203 e. The summed E-state index contributed by atoms with van der Waals surface area (Å²) in [6.07, 6.45) is -0.683. The molecule has 0 unspecified atom stereocenters. The zero-order chi connectivity index (χ0) is 16.4. The Labute approximate surface area is 144 Å². The number of hydrogen-bond acceptors (Lipinski definition) is 2. The van der Waals surface area contributed by atoms with E-state index in [1.54, 1.807) is 13.0 Å². The van der Waals surface area contributed by atoms with Gasteiger partial charge in [0.25, 0.3) is 0 Å². The highest BCUT2D eigenvalue weighted by atomic mass is 35.5. The van der Waals surface area contributed by atoms with Crippen molar-refractivity contribution in [1.29, 1.82) is 0 Å². The lowest BCUT2D eigenvalue weighted by molar-refractivity contribution is 0.0818. The molecule has 0 aliphatic rings. The lowest BCUT2D eigenvalue weighted by Gasteiger charge is -2.16. The van der Waals surface area contributed by atoms with Crippen LogP contribution in [-0.2, 0) is 0 Å². The molecule has 0 saturated heterocycles. The number of aryl methyl sites for hydroxylation is 2. The van der Waals surface area contributed by atoms with Crippen LogP contribution in [0, 0.1) is 13.8 Å². The molecule has 0 N–H and O–H groups in total. The van der Waals surface area contributed by atoms with Crippen molar-refractivity contribution in [3.05, 3.63) is 62.1 Å². The molecule has 0 fully saturated rings. The first-order valence-corrected chi connectivity index (χ1v) is 7.85. The largest absolute Gasteiger partial charge is 0.481 e. The van der Waals surface area contributed by atoms with Crippen LogP contribution < -0.4 is 4.74 Å². The normalized spacial score (nSPS) is 12.1. The lowest BCUT2D eigenvalue weighted by atomic mass is 10.0. The molecule has 116 valence electrons. The van der Waals surface area contributed by atoms with E-state index in [9.17, 15) is 4.79 Å². The fourth-order valence-electron chi connectivity index (χ4n) is 1.97. The predicted octanol–water partition coefficient (Wildman–Crippen LogP) is 5.91. The van der Waals surface area contributed by atoms with E-state index in [2.05, 4.69) is 0 Å². The van der Waals surface area contributed by atoms with Crippen molar-refractivity contribution in [3.8, 4) is 5.75 Å². The molecular weight excluding hydrogens is 343 g/mol. The first-order chi connectivity index (χ1) is 10.3. The van der Waals surface area contributed by atoms with E-state index in [0.29, 0.717) is 26.4 Å². The van der Waals surface area contributed by atoms with Crippen LogP contribution in [0.25, 0.3) is 0 Å². The summed E-state index contributed by atoms with van der Waals surface area (Å²) in [5.41, 5.74) is 2.80. The number of halogens is 3. The Kier molecular flexibility index (Phi) is 5.38. The minimum absolute atomic E-state index is 0.120. The average Bonchev–Trinajstić information content (AvgIpc) is 2.46. The molecule has 5 heteroatoms. The Morgan fingerprint density at radius 2 is 1.59 bits per heavy atom. The molecule has 22 heavy (non-hydrogen) atoms. The minimum atomic E-state index is -0.683. The lowest BCUT2D eigenvalue weighted by Crippen LogP contribution is -2.24. The van der Waals surface area contributed by atoms with Gasteiger partial charge in [-0.15, -0.1) is 0 Å². The highest BCUT2D eigenvalue weighted by molar-refractivity contribution is 6.43. The number of Topliss-reactive ketones (excluding diaryl/α,β-unsaturated/α-hetero) is 1. The van der Waals surface area contributed by atoms with Crippen molar-refractivity contribution in [2.75, 3.05) is 0 Å². The number of carbonyl (C=O) groups is 1. The van der Waals surface area contributed by atoms with Gasteiger partial charge < -0.3 is 4.74 Å². The summed E-state index contributed by atoms with van der Waals surface area (Å²) in [6.45, 7) is 5.64. The Morgan fingerprint density at radius 3 is 2.23 bits per heavy atom. The molecule has 0 aliphatic carbocycles. The van der Waals surface area contributed by atoms with Crippen LogP contribution in [0.2, 0.25) is 15.1 Å². The molecule has 2 rings (SSSR count). The van der Waals surface area contributed by atoms with Gasteiger partial charge in [0.1, 0.15) is 5.75 Å². The van der Waals surface area contributed by atoms with E-state index >= 15 is 0 Å². The molecule has 0 amide bonds. The van der Waals surface area contributed by atoms with Crippen LogP contribution in [0.5, 0.6) is 5.75 Å². The van der Waals surface area contributed by atoms with Gasteiger partial charge in [-0.3, -0.25) is 4.79 Å². The predicted molar refractivity (Wildman–Crippen MR) is 91.8 cm³/mol. The number of carbonyl (C=O) groups excluding carboxylic acids is 1. The molecule has 2 aromatic carbocycles. The monoisotopic (exact) mass is 356 g/mol. The van der Waals surface area contributed by atoms with Crippen molar-refractivity contribution < 1.29 is 9.53 Å². The molecule has 0 aromatic heterocycles. The second-order valence-electron chi connectivity index (χ2n) is 5.12. The Balaban J connectivity index is 2.21. The third-order valence-corrected chi connectivity index (χ3v) is 4.46. The van der Waals surface area contributed by atoms with Crippen molar-refractivity contribution in [2.24, 2.45) is 0 Å². The number of benzene rings is 2. The highest BCUT2D eigenvalue weighted by Gasteiger charge is 2.19. The minimum Gasteiger partial charge on any atom is -0.481 e. The van der Waals surface area contributed by atoms with Gasteiger partial charge in [0.2, 0.25) is 5.78 Å². The van der Waals surface area contributed by atoms with Gasteiger partial charge in [-0.05, 0) is 44.0 Å². The van der Waals surface area contributed by atoms with Crippen molar-refractivity contribution in [2.45, 2.75) is 26.9 Å². The first-order valence-electron chi connectivity index (χ1n) is 6.72. The number of ether oxygens (including phenoxy) is 1. The quantitative estimate of drug-likeness (QED) is 0.502. The van der Waals surface area contributed by atoms with Gasteiger partial charge in [0.05, 0.1) is 15.1 Å². The average molecular weight is 358 g/mol. The standard InChI is InChI=1S/C17H15Cl3O2/c1-9-4-5-12(6-10(9)2)17(21)11(3)22-16-8-14(19)13(18)7-15(16)20/h4-8,11H,1-3H3/t11-/m1/s1. The summed E-state index contributed by atoms with van der Waals surface area (Å²) in [4.78, 5) is 12.4. The van der Waals surface area contributed by atoms with E-state index in [1.807, 2.05) is 26.0 Å². The zero-order valence-electron chi connectivity index (χ0n) is 12.4. The molecular formula is C17H15Cl3O2. The summed E-state index contributed by atoms with van der Waals surface area (Å²) in [5, 5.41) is 0.980. The third kappa shape index (κ3) is 3.75. The summed E-state index contributed by atoms with van der Waals surface area (Å²) >= 11 is 17.9. The number of hydrogen-bond donors (Lipinski definition) is 0. The maximum atomic E-state index is 12.4. The topological polar surface area (TPSA) is 26.3 Å². The van der Waals surface area contributed by atoms with Gasteiger partial charge in [-0.25, -0.2) is 0 Å². The van der Waals surface area contributed by atoms with Crippen LogP contribution in [0.3, 0.4) is 0 Å². The summed E-state index contributed by atoms with van der Waals surface area (Å²) in [6, 6.07) is 8.57. The summed E-state index contributed by atoms with van der Waals surface area (Å²) in [7, 11) is 0. The van der Waals surface area contributed by atoms with Crippen molar-refractivity contribution >= 4 is 40.6 Å². The maximum absolute atomic E-state index is 12.4. The molecule has 0 bridgehead atoms. The Morgan fingerprint density at radius 1 is 0.955 bits per heavy atom. The second kappa shape index (κ2) is 6.91. The molecule has 0 heterocycles. The van der Waals surface area contributed by atoms with Crippen LogP contribution in [0.1, 0.15) is 28.4 Å². The summed E-state index contributed by atoms with van der Waals surface area (Å²) < 4.78 is 5.64. The smallest absolute Gasteiger partial charge is 0.203 e. The van der Waals surface area contributed by atoms with E-state index in [4.69, 9.17) is 39.5 Å². The number of ketones is 1. The molecule has 2 aromatic rings. The summed E-state index contributed by atoms with van der Waals surface area (Å²) in [5.74, 6) is 0.214. The molecule has 0 saturated carbocycles. The zero-order valence-corrected chi connectivity index (χ0v) is 14.7. The van der Waals surface area contributed by atoms with Gasteiger partial charge in [0.15, 0.2) is 6.10 Å². The van der Waals surface area contributed by atoms with Crippen molar-refractivity contribution in [1.82, 2.24) is 0 Å². The Bertz CT molecular complexity index is 726. The van der Waals surface area contributed by atoms with Gasteiger partial charge in [-0.1, -0.05) is 46.9 Å². The third-order valence-electron chi connectivity index (χ3n) is 3.44. The van der Waals surface area contributed by atoms with E-state index in [0.717, 1.165) is 11.1 Å². The van der Waals surface area contributed by atoms with Crippen LogP contribution in [0.4, 0.5) is 0 Å². The molecule has 0 spiro atoms. The molecule has 0 radical (unpaired) electrons. The SMILES string of the molecule is Cc1ccc(C(=O)[C@@H](C)Oc2cc(Cl)c(Cl)cc2Cl)cc1C. The first kappa shape index (κ1) is 17.1. The molecule has 1 atom stereocenters. The van der Waals surface area contributed by atoms with Crippen LogP contribution in [0.15, 0.2) is 30.3 Å². The number of rotatable bonds is 4. The van der Waals surface area contributed by atoms with Crippen LogP contribution >= 0.6 is 34.8 Å². The van der Waals surface area contributed by atoms with Gasteiger partial charge in [-0.2, -0.15) is 0 Å². The van der Waals surface area contributed by atoms with Crippen molar-refractivity contribution in [3.63, 3.8) is 0 Å². The second-order valence-corrected chi connectivity index (χ2v) is 6.34. The van der Waals surface area contributed by atoms with Gasteiger partial charge >= 0.3 is 0 Å². The van der Waals surface area contributed by atoms with Crippen LogP contribution in [-0.4, -0.2) is 11.9 Å². The fourth-order valence-corrected chi connectivity index (χ4v) is 2.55. The molecule has 0 aliphatic heterocycles. The van der Waals surface area contributed by atoms with Gasteiger partial charge in [0, 0.05) is 11.6 Å². The highest BCUT2D eigenvalue weighted by Crippen LogP contribution is 2.34. The van der Waals surface area contributed by atoms with E-state index < -0.39 is 6.10 Å². The van der Waals surface area contributed by atoms with E-state index in [-0.39, 0.29) is 5.78 Å². The fraction of sp³-hybridized carbons (Fsp3) is 0.235. The Hall–Kier alpha value is -1.22. The van der Waals surface area contributed by atoms with E-state index in [1.165, 1.54) is 12.1 Å².